The summed E-state index contributed by atoms with van der Waals surface area (Å²) in [6.45, 7) is 8.97. The number of hydrogen-bond acceptors (Lipinski definition) is 3. The summed E-state index contributed by atoms with van der Waals surface area (Å²) in [6, 6.07) is 0.596. The number of hydrogen-bond donors (Lipinski definition) is 1. The summed E-state index contributed by atoms with van der Waals surface area (Å²) in [5.41, 5.74) is 0. The molecule has 3 nitrogen and oxygen atoms in total. The van der Waals surface area contributed by atoms with Crippen molar-refractivity contribution in [1.29, 1.82) is 0 Å². The van der Waals surface area contributed by atoms with Gasteiger partial charge in [-0.1, -0.05) is 6.92 Å². The van der Waals surface area contributed by atoms with Crippen LogP contribution in [0.3, 0.4) is 0 Å². The Morgan fingerprint density at radius 3 is 2.73 bits per heavy atom. The summed E-state index contributed by atoms with van der Waals surface area (Å²) < 4.78 is 10.8. The van der Waals surface area contributed by atoms with Crippen LogP contribution >= 0.6 is 0 Å². The molecule has 90 valence electrons. The van der Waals surface area contributed by atoms with Gasteiger partial charge in [-0.3, -0.25) is 0 Å². The van der Waals surface area contributed by atoms with Crippen LogP contribution in [0, 0.1) is 5.92 Å². The van der Waals surface area contributed by atoms with E-state index in [0.717, 1.165) is 45.3 Å². The maximum Gasteiger partial charge on any atom is 0.0590 e. The van der Waals surface area contributed by atoms with Crippen molar-refractivity contribution in [3.8, 4) is 0 Å². The van der Waals surface area contributed by atoms with Crippen LogP contribution < -0.4 is 5.32 Å². The van der Waals surface area contributed by atoms with Crippen LogP contribution in [-0.2, 0) is 9.47 Å². The van der Waals surface area contributed by atoms with E-state index in [1.807, 2.05) is 0 Å². The molecule has 0 radical (unpaired) electrons. The molecule has 0 spiro atoms. The van der Waals surface area contributed by atoms with Crippen LogP contribution in [0.5, 0.6) is 0 Å². The largest absolute Gasteiger partial charge is 0.381 e. The van der Waals surface area contributed by atoms with Crippen LogP contribution in [0.1, 0.15) is 33.1 Å². The predicted octanol–water partition coefficient (Wildman–Crippen LogP) is 1.82. The van der Waals surface area contributed by atoms with Gasteiger partial charge < -0.3 is 14.8 Å². The minimum Gasteiger partial charge on any atom is -0.381 e. The molecule has 0 aromatic rings. The van der Waals surface area contributed by atoms with E-state index in [9.17, 15) is 0 Å². The molecule has 0 amide bonds. The van der Waals surface area contributed by atoms with E-state index < -0.39 is 0 Å². The summed E-state index contributed by atoms with van der Waals surface area (Å²) in [5, 5.41) is 3.53. The van der Waals surface area contributed by atoms with Gasteiger partial charge in [0.15, 0.2) is 0 Å². The second kappa shape index (κ2) is 8.08. The number of ether oxygens (including phenoxy) is 2. The van der Waals surface area contributed by atoms with Crippen molar-refractivity contribution in [2.45, 2.75) is 39.2 Å². The van der Waals surface area contributed by atoms with E-state index in [1.54, 1.807) is 0 Å². The summed E-state index contributed by atoms with van der Waals surface area (Å²) >= 11 is 0. The van der Waals surface area contributed by atoms with Gasteiger partial charge in [-0.25, -0.2) is 0 Å². The van der Waals surface area contributed by atoms with Crippen molar-refractivity contribution in [1.82, 2.24) is 5.32 Å². The summed E-state index contributed by atoms with van der Waals surface area (Å²) in [4.78, 5) is 0. The molecule has 0 bridgehead atoms. The molecule has 1 rings (SSSR count). The third-order valence-electron chi connectivity index (χ3n) is 3.03. The Labute approximate surface area is 93.5 Å². The van der Waals surface area contributed by atoms with Crippen LogP contribution in [-0.4, -0.2) is 39.0 Å². The monoisotopic (exact) mass is 215 g/mol. The Balaban J connectivity index is 1.99. The smallest absolute Gasteiger partial charge is 0.0590 e. The quantitative estimate of drug-likeness (QED) is 0.657. The van der Waals surface area contributed by atoms with Crippen molar-refractivity contribution in [3.63, 3.8) is 0 Å². The zero-order chi connectivity index (χ0) is 10.9. The second-order valence-electron chi connectivity index (χ2n) is 4.30. The summed E-state index contributed by atoms with van der Waals surface area (Å²) in [5.74, 6) is 0.782. The molecule has 15 heavy (non-hydrogen) atoms. The summed E-state index contributed by atoms with van der Waals surface area (Å²) in [6.07, 6.45) is 3.50. The number of rotatable bonds is 7. The zero-order valence-electron chi connectivity index (χ0n) is 10.1. The molecule has 3 heteroatoms. The van der Waals surface area contributed by atoms with Crippen LogP contribution in [0.15, 0.2) is 0 Å². The van der Waals surface area contributed by atoms with Gasteiger partial charge in [0.05, 0.1) is 6.61 Å². The maximum absolute atomic E-state index is 5.43. The fourth-order valence-corrected chi connectivity index (χ4v) is 1.99. The Morgan fingerprint density at radius 1 is 1.33 bits per heavy atom. The molecular formula is C12H25NO2. The first-order valence-electron chi connectivity index (χ1n) is 6.23. The van der Waals surface area contributed by atoms with Gasteiger partial charge in [0.2, 0.25) is 0 Å². The van der Waals surface area contributed by atoms with E-state index in [4.69, 9.17) is 9.47 Å². The fraction of sp³-hybridized carbons (Fsp3) is 1.00. The SMILES string of the molecule is CCCOCCNC(C)C1CCOCC1. The van der Waals surface area contributed by atoms with Crippen molar-refractivity contribution < 1.29 is 9.47 Å². The summed E-state index contributed by atoms with van der Waals surface area (Å²) in [7, 11) is 0. The van der Waals surface area contributed by atoms with Crippen molar-refractivity contribution in [2.24, 2.45) is 5.92 Å². The van der Waals surface area contributed by atoms with E-state index >= 15 is 0 Å². The molecule has 1 unspecified atom stereocenters. The Hall–Kier alpha value is -0.120. The van der Waals surface area contributed by atoms with E-state index in [2.05, 4.69) is 19.2 Å². The first-order valence-corrected chi connectivity index (χ1v) is 6.23. The molecule has 0 aliphatic carbocycles. The molecule has 0 aromatic heterocycles. The Bertz CT molecular complexity index is 147. The molecule has 1 fully saturated rings. The van der Waals surface area contributed by atoms with E-state index in [0.29, 0.717) is 6.04 Å². The third-order valence-corrected chi connectivity index (χ3v) is 3.03. The fourth-order valence-electron chi connectivity index (χ4n) is 1.99. The third kappa shape index (κ3) is 5.50. The van der Waals surface area contributed by atoms with Gasteiger partial charge in [0, 0.05) is 32.4 Å². The van der Waals surface area contributed by atoms with E-state index in [-0.39, 0.29) is 0 Å². The van der Waals surface area contributed by atoms with Crippen molar-refractivity contribution in [3.05, 3.63) is 0 Å². The maximum atomic E-state index is 5.43. The average molecular weight is 215 g/mol. The lowest BCUT2D eigenvalue weighted by atomic mass is 9.93. The van der Waals surface area contributed by atoms with Gasteiger partial charge in [-0.15, -0.1) is 0 Å². The van der Waals surface area contributed by atoms with Crippen molar-refractivity contribution in [2.75, 3.05) is 33.0 Å². The lowest BCUT2D eigenvalue weighted by molar-refractivity contribution is 0.0541. The molecular weight excluding hydrogens is 190 g/mol. The van der Waals surface area contributed by atoms with Gasteiger partial charge in [-0.05, 0) is 32.1 Å². The van der Waals surface area contributed by atoms with Gasteiger partial charge >= 0.3 is 0 Å². The van der Waals surface area contributed by atoms with Gasteiger partial charge in [0.25, 0.3) is 0 Å². The molecule has 1 atom stereocenters. The second-order valence-corrected chi connectivity index (χ2v) is 4.30. The molecule has 1 saturated heterocycles. The lowest BCUT2D eigenvalue weighted by Gasteiger charge is -2.28. The zero-order valence-corrected chi connectivity index (χ0v) is 10.1. The Kier molecular flexibility index (Phi) is 6.98. The molecule has 1 aliphatic rings. The molecule has 1 N–H and O–H groups in total. The standard InChI is InChI=1S/C12H25NO2/c1-3-7-14-10-6-13-11(2)12-4-8-15-9-5-12/h11-13H,3-10H2,1-2H3. The minimum absolute atomic E-state index is 0.596. The van der Waals surface area contributed by atoms with Gasteiger partial charge in [-0.2, -0.15) is 0 Å². The molecule has 0 aromatic carbocycles. The highest BCUT2D eigenvalue weighted by Crippen LogP contribution is 2.18. The highest BCUT2D eigenvalue weighted by molar-refractivity contribution is 4.74. The van der Waals surface area contributed by atoms with Crippen molar-refractivity contribution >= 4 is 0 Å². The molecule has 0 saturated carbocycles. The highest BCUT2D eigenvalue weighted by Gasteiger charge is 2.19. The average Bonchev–Trinajstić information content (AvgIpc) is 2.30. The van der Waals surface area contributed by atoms with E-state index in [1.165, 1.54) is 12.8 Å². The van der Waals surface area contributed by atoms with Crippen LogP contribution in [0.2, 0.25) is 0 Å². The highest BCUT2D eigenvalue weighted by atomic mass is 16.5. The van der Waals surface area contributed by atoms with Crippen LogP contribution in [0.25, 0.3) is 0 Å². The minimum atomic E-state index is 0.596. The van der Waals surface area contributed by atoms with Gasteiger partial charge in [0.1, 0.15) is 0 Å². The normalized spacial score (nSPS) is 20.4. The molecule has 1 aliphatic heterocycles. The Morgan fingerprint density at radius 2 is 2.07 bits per heavy atom. The number of nitrogens with one attached hydrogen (secondary N) is 1. The topological polar surface area (TPSA) is 30.5 Å². The first kappa shape index (κ1) is 12.9. The first-order chi connectivity index (χ1) is 7.34. The predicted molar refractivity (Wildman–Crippen MR) is 62.1 cm³/mol. The lowest BCUT2D eigenvalue weighted by Crippen LogP contribution is -2.38. The molecule has 1 heterocycles. The van der Waals surface area contributed by atoms with Crippen LogP contribution in [0.4, 0.5) is 0 Å².